The lowest BCUT2D eigenvalue weighted by atomic mass is 9.99. The highest BCUT2D eigenvalue weighted by Gasteiger charge is 2.33. The summed E-state index contributed by atoms with van der Waals surface area (Å²) in [5.41, 5.74) is -0.0599. The van der Waals surface area contributed by atoms with Crippen molar-refractivity contribution in [2.45, 2.75) is 12.5 Å². The van der Waals surface area contributed by atoms with Crippen LogP contribution in [0.2, 0.25) is 0 Å². The van der Waals surface area contributed by atoms with Crippen LogP contribution in [0.15, 0.2) is 48.5 Å². The number of Topliss-reactive ketones (excluding diaryl/α,β-unsaturated/α-hetero) is 1. The zero-order valence-corrected chi connectivity index (χ0v) is 16.4. The smallest absolute Gasteiger partial charge is 0.404 e. The van der Waals surface area contributed by atoms with Crippen molar-refractivity contribution in [3.63, 3.8) is 0 Å². The van der Waals surface area contributed by atoms with Gasteiger partial charge in [-0.2, -0.15) is 0 Å². The number of carbonyl (C=O) groups is 2. The largest absolute Gasteiger partial charge is 0.573 e. The van der Waals surface area contributed by atoms with Crippen molar-refractivity contribution in [1.29, 1.82) is 0 Å². The van der Waals surface area contributed by atoms with Gasteiger partial charge in [0.1, 0.15) is 6.10 Å². The molecule has 1 unspecified atom stereocenters. The lowest BCUT2D eigenvalue weighted by molar-refractivity contribution is -0.274. The van der Waals surface area contributed by atoms with Crippen molar-refractivity contribution in [2.24, 2.45) is 0 Å². The summed E-state index contributed by atoms with van der Waals surface area (Å²) in [5.74, 6) is -1.95. The number of morpholine rings is 1. The van der Waals surface area contributed by atoms with E-state index in [0.717, 1.165) is 18.2 Å². The minimum atomic E-state index is -4.99. The second kappa shape index (κ2) is 9.90. The molecule has 7 nitrogen and oxygen atoms in total. The lowest BCUT2D eigenvalue weighted by Gasteiger charge is -2.26. The molecule has 31 heavy (non-hydrogen) atoms. The number of carbonyl (C=O) groups excluding carboxylic acids is 2. The Kier molecular flexibility index (Phi) is 7.26. The zero-order chi connectivity index (χ0) is 22.4. The van der Waals surface area contributed by atoms with Gasteiger partial charge in [0.15, 0.2) is 11.5 Å². The maximum Gasteiger partial charge on any atom is 0.573 e. The predicted molar refractivity (Wildman–Crippen MR) is 105 cm³/mol. The van der Waals surface area contributed by atoms with Gasteiger partial charge in [0, 0.05) is 18.7 Å². The van der Waals surface area contributed by atoms with Gasteiger partial charge in [0.05, 0.1) is 25.4 Å². The molecule has 0 radical (unpaired) electrons. The molecule has 2 N–H and O–H groups in total. The second-order valence-electron chi connectivity index (χ2n) is 6.87. The average molecular weight is 438 g/mol. The molecule has 0 bridgehead atoms. The van der Waals surface area contributed by atoms with E-state index in [2.05, 4.69) is 10.1 Å². The van der Waals surface area contributed by atoms with E-state index in [-0.39, 0.29) is 17.8 Å². The number of amides is 1. The number of aliphatic hydroxyl groups is 1. The van der Waals surface area contributed by atoms with Crippen LogP contribution in [-0.2, 0) is 9.53 Å². The number of alkyl halides is 3. The van der Waals surface area contributed by atoms with Crippen LogP contribution in [0.4, 0.5) is 18.9 Å². The molecule has 10 heteroatoms. The summed E-state index contributed by atoms with van der Waals surface area (Å²) in [6.45, 7) is 1.88. The normalized spacial score (nSPS) is 15.9. The van der Waals surface area contributed by atoms with E-state index >= 15 is 0 Å². The predicted octanol–water partition coefficient (Wildman–Crippen LogP) is 2.77. The molecule has 3 rings (SSSR count). The van der Waals surface area contributed by atoms with Crippen LogP contribution in [0, 0.1) is 0 Å². The topological polar surface area (TPSA) is 88.1 Å². The molecular weight excluding hydrogens is 417 g/mol. The average Bonchev–Trinajstić information content (AvgIpc) is 2.74. The van der Waals surface area contributed by atoms with Gasteiger partial charge in [-0.25, -0.2) is 0 Å². The number of ether oxygens (including phenoxy) is 2. The SMILES string of the molecule is O=C(CN1CCOCC1)Nc1cc(C(=O)C(O)c2ccccc2)ccc1OC(F)(F)F. The minimum Gasteiger partial charge on any atom is -0.404 e. The molecule has 0 aromatic heterocycles. The van der Waals surface area contributed by atoms with Crippen molar-refractivity contribution in [3.05, 3.63) is 59.7 Å². The molecule has 0 aliphatic carbocycles. The molecule has 0 spiro atoms. The van der Waals surface area contributed by atoms with Gasteiger partial charge in [-0.05, 0) is 23.8 Å². The van der Waals surface area contributed by atoms with Gasteiger partial charge in [-0.15, -0.1) is 13.2 Å². The Balaban J connectivity index is 1.81. The maximum absolute atomic E-state index is 12.8. The van der Waals surface area contributed by atoms with Crippen LogP contribution in [0.25, 0.3) is 0 Å². The fraction of sp³-hybridized carbons (Fsp3) is 0.333. The van der Waals surface area contributed by atoms with Crippen molar-refractivity contribution < 1.29 is 37.3 Å². The molecule has 2 aromatic rings. The summed E-state index contributed by atoms with van der Waals surface area (Å²) in [5, 5.41) is 12.7. The van der Waals surface area contributed by atoms with E-state index in [1.807, 2.05) is 0 Å². The highest BCUT2D eigenvalue weighted by molar-refractivity contribution is 6.02. The number of halogens is 3. The van der Waals surface area contributed by atoms with Gasteiger partial charge in [0.2, 0.25) is 5.91 Å². The van der Waals surface area contributed by atoms with Crippen molar-refractivity contribution in [3.8, 4) is 5.75 Å². The van der Waals surface area contributed by atoms with E-state index in [0.29, 0.717) is 31.9 Å². The Bertz CT molecular complexity index is 915. The van der Waals surface area contributed by atoms with Gasteiger partial charge in [-0.1, -0.05) is 30.3 Å². The maximum atomic E-state index is 12.8. The number of rotatable bonds is 7. The number of aliphatic hydroxyl groups excluding tert-OH is 1. The number of benzene rings is 2. The summed E-state index contributed by atoms with van der Waals surface area (Å²) in [4.78, 5) is 26.8. The highest BCUT2D eigenvalue weighted by atomic mass is 19.4. The van der Waals surface area contributed by atoms with Crippen molar-refractivity contribution in [1.82, 2.24) is 4.90 Å². The molecule has 0 saturated carbocycles. The zero-order valence-electron chi connectivity index (χ0n) is 16.4. The van der Waals surface area contributed by atoms with Gasteiger partial charge in [0.25, 0.3) is 0 Å². The minimum absolute atomic E-state index is 0.0559. The number of anilines is 1. The van der Waals surface area contributed by atoms with Crippen LogP contribution >= 0.6 is 0 Å². The standard InChI is InChI=1S/C21H21F3N2O5/c22-21(23,24)31-17-7-6-15(20(29)19(28)14-4-2-1-3-5-14)12-16(17)25-18(27)13-26-8-10-30-11-9-26/h1-7,12,19,28H,8-11,13H2,(H,25,27). The summed E-state index contributed by atoms with van der Waals surface area (Å²) in [7, 11) is 0. The molecule has 1 fully saturated rings. The first-order valence-electron chi connectivity index (χ1n) is 9.50. The molecule has 2 aromatic carbocycles. The first-order chi connectivity index (χ1) is 14.7. The Labute approximate surface area is 176 Å². The van der Waals surface area contributed by atoms with Crippen LogP contribution in [0.5, 0.6) is 5.75 Å². The van der Waals surface area contributed by atoms with Gasteiger partial charge < -0.3 is 19.9 Å². The van der Waals surface area contributed by atoms with Crippen molar-refractivity contribution in [2.75, 3.05) is 38.2 Å². The molecule has 1 aliphatic rings. The summed E-state index contributed by atoms with van der Waals surface area (Å²) < 4.78 is 47.5. The molecule has 1 heterocycles. The monoisotopic (exact) mass is 438 g/mol. The summed E-state index contributed by atoms with van der Waals surface area (Å²) >= 11 is 0. The number of ketones is 1. The first kappa shape index (κ1) is 22.7. The molecule has 166 valence electrons. The van der Waals surface area contributed by atoms with E-state index in [1.165, 1.54) is 0 Å². The number of hydrogen-bond donors (Lipinski definition) is 2. The van der Waals surface area contributed by atoms with Crippen LogP contribution in [0.3, 0.4) is 0 Å². The van der Waals surface area contributed by atoms with Gasteiger partial charge >= 0.3 is 6.36 Å². The Morgan fingerprint density at radius 3 is 2.45 bits per heavy atom. The fourth-order valence-electron chi connectivity index (χ4n) is 3.09. The van der Waals surface area contributed by atoms with E-state index in [1.54, 1.807) is 35.2 Å². The van der Waals surface area contributed by atoms with Crippen LogP contribution < -0.4 is 10.1 Å². The molecule has 1 atom stereocenters. The van der Waals surface area contributed by atoms with Crippen molar-refractivity contribution >= 4 is 17.4 Å². The molecule has 1 amide bonds. The second-order valence-corrected chi connectivity index (χ2v) is 6.87. The Hall–Kier alpha value is -2.95. The Morgan fingerprint density at radius 1 is 1.13 bits per heavy atom. The summed E-state index contributed by atoms with van der Waals surface area (Å²) in [6.07, 6.45) is -6.49. The third-order valence-electron chi connectivity index (χ3n) is 4.60. The van der Waals surface area contributed by atoms with E-state index in [9.17, 15) is 27.9 Å². The van der Waals surface area contributed by atoms with Crippen LogP contribution in [0.1, 0.15) is 22.0 Å². The van der Waals surface area contributed by atoms with E-state index < -0.39 is 29.9 Å². The number of nitrogens with one attached hydrogen (secondary N) is 1. The number of hydrogen-bond acceptors (Lipinski definition) is 6. The van der Waals surface area contributed by atoms with E-state index in [4.69, 9.17) is 4.74 Å². The van der Waals surface area contributed by atoms with Crippen LogP contribution in [-0.4, -0.2) is 60.9 Å². The highest BCUT2D eigenvalue weighted by Crippen LogP contribution is 2.32. The first-order valence-corrected chi connectivity index (χ1v) is 9.50. The third-order valence-corrected chi connectivity index (χ3v) is 4.60. The molecule has 1 saturated heterocycles. The van der Waals surface area contributed by atoms with Gasteiger partial charge in [-0.3, -0.25) is 14.5 Å². The summed E-state index contributed by atoms with van der Waals surface area (Å²) in [6, 6.07) is 11.2. The Morgan fingerprint density at radius 2 is 1.81 bits per heavy atom. The lowest BCUT2D eigenvalue weighted by Crippen LogP contribution is -2.41. The quantitative estimate of drug-likeness (QED) is 0.647. The molecule has 1 aliphatic heterocycles. The molecular formula is C21H21F3N2O5. The fourth-order valence-corrected chi connectivity index (χ4v) is 3.09. The number of nitrogens with zero attached hydrogens (tertiary/aromatic N) is 1. The third kappa shape index (κ3) is 6.51.